The Balaban J connectivity index is 3.31. The van der Waals surface area contributed by atoms with Crippen LogP contribution in [0.3, 0.4) is 0 Å². The van der Waals surface area contributed by atoms with Gasteiger partial charge in [-0.3, -0.25) is 76.7 Å². The van der Waals surface area contributed by atoms with Gasteiger partial charge in [0.25, 0.3) is 0 Å². The average molecular weight is 1860 g/mol. The molecule has 2 fully saturated rings. The Labute approximate surface area is 714 Å². The lowest BCUT2D eigenvalue weighted by Crippen LogP contribution is -2.65. The van der Waals surface area contributed by atoms with E-state index in [4.69, 9.17) is 52.1 Å². The van der Waals surface area contributed by atoms with Crippen molar-refractivity contribution in [2.75, 3.05) is 119 Å². The lowest BCUT2D eigenvalue weighted by atomic mass is 9.97. The van der Waals surface area contributed by atoms with Gasteiger partial charge in [0.15, 0.2) is 6.29 Å². The molecule has 0 aromatic carbocycles. The van der Waals surface area contributed by atoms with Crippen LogP contribution < -0.4 is 0 Å². The maximum atomic E-state index is 12.3. The first kappa shape index (κ1) is 109. The number of rotatable bonds is 77. The highest BCUT2D eigenvalue weighted by molar-refractivity contribution is 8.02. The van der Waals surface area contributed by atoms with E-state index in [-0.39, 0.29) is 130 Å². The van der Waals surface area contributed by atoms with Crippen molar-refractivity contribution in [2.45, 2.75) is 200 Å². The van der Waals surface area contributed by atoms with Gasteiger partial charge >= 0.3 is 95.5 Å². The molecule has 0 spiro atoms. The van der Waals surface area contributed by atoms with Gasteiger partial charge in [-0.15, -0.1) is 94.1 Å². The fourth-order valence-corrected chi connectivity index (χ4v) is 18.6. The number of carboxylic acid groups (broad SMARTS) is 16. The second-order valence-corrected chi connectivity index (χ2v) is 36.1. The molecule has 43 nitrogen and oxygen atoms in total. The molecule has 16 N–H and O–H groups in total. The van der Waals surface area contributed by atoms with Crippen molar-refractivity contribution in [1.82, 2.24) is 0 Å². The van der Waals surface area contributed by atoms with Crippen molar-refractivity contribution in [3.63, 3.8) is 0 Å². The normalized spacial score (nSPS) is 21.1. The Kier molecular flexibility index (Phi) is 56.1. The molecule has 2 aliphatic rings. The summed E-state index contributed by atoms with van der Waals surface area (Å²) in [7, 11) is 0. The Morgan fingerprint density at radius 3 is 0.765 bits per heavy atom. The fourth-order valence-electron chi connectivity index (χ4n) is 10.8. The molecule has 2 rings (SSSR count). The van der Waals surface area contributed by atoms with Gasteiger partial charge < -0.3 is 134 Å². The van der Waals surface area contributed by atoms with Crippen molar-refractivity contribution >= 4 is 190 Å². The van der Waals surface area contributed by atoms with Crippen LogP contribution in [0.4, 0.5) is 0 Å². The number of aliphatic carboxylic acids is 16. The van der Waals surface area contributed by atoms with Gasteiger partial charge in [0.2, 0.25) is 5.79 Å². The first-order valence-electron chi connectivity index (χ1n) is 36.6. The summed E-state index contributed by atoms with van der Waals surface area (Å²) in [5.74, 6) is -26.2. The largest absolute Gasteiger partial charge is 0.481 e. The monoisotopic (exact) mass is 1860 g/mol. The zero-order chi connectivity index (χ0) is 89.2. The summed E-state index contributed by atoms with van der Waals surface area (Å²) >= 11 is 5.96. The SMILES string of the molecule is O=C(O)CC(SCCCOCC1OC(OC2(COCCCSC(CC(=O)O)C(=O)O)OC(COCCCSC(CC(=O)O)C(=O)O)C(OCCCSC(CC(=O)O)C(=O)O)C2OCCCSC(CC(=O)O)C(=O)O)C(OCCCSC(CC(=O)O)C(=O)O)C(OCCCSC(CC(=O)O)C(=O)O)C1OCCCSC(CC(=O)O)C(=O)O)C(=O)O. The van der Waals surface area contributed by atoms with E-state index >= 15 is 0 Å². The molecule has 17 unspecified atom stereocenters. The molecule has 680 valence electrons. The standard InChI is InChI=1S/C68H102O43S8/c69-46(70)25-38(59(85)86)112-17-1-9-101-33-36-54(104-12-4-20-115-41(62(91)92)28-49(75)76)56(106-14-6-22-117-43(64(95)96)30-51(79)80)57(107-15-7-23-118-44(65(97)98)31-52(81)82)67(109-36)111-68(35-103-11-3-19-114-40(61(89)90)27-48(73)74)58(108-16-8-24-119-45(66(99)100)32-53(83)84)55(105-13-5-21-116-42(63(93)94)29-50(77)78)37(110-68)34-102-10-2-18-113-39(60(87)88)26-47(71)72/h36-45,54-58,67H,1-35H2,(H,69,70)(H,71,72)(H,73,74)(H,75,76)(H,77,78)(H,79,80)(H,81,82)(H,83,84)(H,85,86)(H,87,88)(H,89,90)(H,91,92)(H,93,94)(H,95,96)(H,97,98)(H,99,100). The molecule has 51 heteroatoms. The van der Waals surface area contributed by atoms with Crippen LogP contribution in [0.15, 0.2) is 0 Å². The molecule has 0 aromatic heterocycles. The van der Waals surface area contributed by atoms with E-state index in [2.05, 4.69) is 0 Å². The molecule has 0 aliphatic carbocycles. The Bertz CT molecular complexity index is 3220. The van der Waals surface area contributed by atoms with Gasteiger partial charge in [0.05, 0.1) is 64.6 Å². The van der Waals surface area contributed by atoms with Gasteiger partial charge in [-0.1, -0.05) is 0 Å². The smallest absolute Gasteiger partial charge is 0.317 e. The molecule has 0 saturated carbocycles. The van der Waals surface area contributed by atoms with Crippen LogP contribution in [0, 0.1) is 0 Å². The van der Waals surface area contributed by atoms with Gasteiger partial charge in [-0.2, -0.15) is 0 Å². The van der Waals surface area contributed by atoms with E-state index in [0.29, 0.717) is 11.8 Å². The summed E-state index contributed by atoms with van der Waals surface area (Å²) in [5, 5.41) is 143. The molecule has 0 bridgehead atoms. The highest BCUT2D eigenvalue weighted by Gasteiger charge is 2.62. The summed E-state index contributed by atoms with van der Waals surface area (Å²) in [6, 6.07) is 0. The number of carboxylic acids is 16. The zero-order valence-electron chi connectivity index (χ0n) is 63.9. The Morgan fingerprint density at radius 2 is 0.496 bits per heavy atom. The maximum Gasteiger partial charge on any atom is 0.317 e. The number of ether oxygens (including phenoxy) is 11. The minimum Gasteiger partial charge on any atom is -0.481 e. The topological polar surface area (TPSA) is 698 Å². The molecular formula is C68H102O43S8. The molecule has 2 aliphatic heterocycles. The lowest BCUT2D eigenvalue weighted by Gasteiger charge is -2.48. The van der Waals surface area contributed by atoms with Crippen molar-refractivity contribution in [3.05, 3.63) is 0 Å². The third-order valence-corrected chi connectivity index (χ3v) is 26.5. The second-order valence-electron chi connectivity index (χ2n) is 25.7. The molecule has 0 aromatic rings. The number of thioether (sulfide) groups is 8. The van der Waals surface area contributed by atoms with Crippen molar-refractivity contribution in [1.29, 1.82) is 0 Å². The highest BCUT2D eigenvalue weighted by atomic mass is 32.2. The first-order valence-corrected chi connectivity index (χ1v) is 45.0. The van der Waals surface area contributed by atoms with Crippen molar-refractivity contribution in [2.24, 2.45) is 0 Å². The molecule has 2 heterocycles. The number of carbonyl (C=O) groups is 16. The quantitative estimate of drug-likeness (QED) is 0.0389. The number of hydrogen-bond donors (Lipinski definition) is 16. The number of hydrogen-bond acceptors (Lipinski definition) is 35. The molecular weight excluding hydrogens is 1760 g/mol. The highest BCUT2D eigenvalue weighted by Crippen LogP contribution is 2.42. The minimum absolute atomic E-state index is 0.00394. The first-order chi connectivity index (χ1) is 56.3. The summed E-state index contributed by atoms with van der Waals surface area (Å²) in [5.41, 5.74) is 0. The zero-order valence-corrected chi connectivity index (χ0v) is 70.5. The third-order valence-electron chi connectivity index (χ3n) is 16.1. The second kappa shape index (κ2) is 61.2. The molecule has 119 heavy (non-hydrogen) atoms. The van der Waals surface area contributed by atoms with Crippen LogP contribution in [0.5, 0.6) is 0 Å². The van der Waals surface area contributed by atoms with Gasteiger partial charge in [0.1, 0.15) is 91.3 Å². The molecule has 0 amide bonds. The van der Waals surface area contributed by atoms with E-state index in [1.165, 1.54) is 0 Å². The van der Waals surface area contributed by atoms with Crippen molar-refractivity contribution < 1.29 is 211 Å². The Morgan fingerprint density at radius 1 is 0.269 bits per heavy atom. The van der Waals surface area contributed by atoms with Crippen LogP contribution in [0.25, 0.3) is 0 Å². The predicted octanol–water partition coefficient (Wildman–Crippen LogP) is 3.21. The van der Waals surface area contributed by atoms with Gasteiger partial charge in [0, 0.05) is 52.9 Å². The molecule has 17 atom stereocenters. The van der Waals surface area contributed by atoms with E-state index in [0.717, 1.165) is 82.3 Å². The van der Waals surface area contributed by atoms with Crippen LogP contribution in [-0.4, -0.2) is 393 Å². The van der Waals surface area contributed by atoms with Gasteiger partial charge in [-0.25, -0.2) is 0 Å². The van der Waals surface area contributed by atoms with E-state index in [1.54, 1.807) is 0 Å². The minimum atomic E-state index is -2.56. The fraction of sp³-hybridized carbons (Fsp3) is 0.765. The molecule has 0 radical (unpaired) electrons. The predicted molar refractivity (Wildman–Crippen MR) is 425 cm³/mol. The summed E-state index contributed by atoms with van der Waals surface area (Å²) in [6.07, 6.45) is -19.8. The van der Waals surface area contributed by atoms with E-state index in [9.17, 15) is 158 Å². The summed E-state index contributed by atoms with van der Waals surface area (Å²) in [6.45, 7) is -4.72. The lowest BCUT2D eigenvalue weighted by molar-refractivity contribution is -0.395. The molecule has 2 saturated heterocycles. The maximum absolute atomic E-state index is 12.3. The Hall–Kier alpha value is -6.12. The van der Waals surface area contributed by atoms with Gasteiger partial charge in [-0.05, 0) is 97.4 Å². The van der Waals surface area contributed by atoms with Crippen molar-refractivity contribution in [3.8, 4) is 0 Å². The summed E-state index contributed by atoms with van der Waals surface area (Å²) < 4.78 is 73.5. The van der Waals surface area contributed by atoms with Crippen LogP contribution >= 0.6 is 94.1 Å². The average Bonchev–Trinajstić information content (AvgIpc) is 1.63. The van der Waals surface area contributed by atoms with Crippen LogP contribution in [-0.2, 0) is 129 Å². The van der Waals surface area contributed by atoms with Crippen LogP contribution in [0.2, 0.25) is 0 Å². The summed E-state index contributed by atoms with van der Waals surface area (Å²) in [4.78, 5) is 191. The van der Waals surface area contributed by atoms with E-state index in [1.807, 2.05) is 0 Å². The van der Waals surface area contributed by atoms with E-state index < -0.39 is 283 Å². The third kappa shape index (κ3) is 46.8. The van der Waals surface area contributed by atoms with Crippen LogP contribution in [0.1, 0.15) is 103 Å².